The van der Waals surface area contributed by atoms with E-state index in [1.807, 2.05) is 4.90 Å². The van der Waals surface area contributed by atoms with Gasteiger partial charge in [0.25, 0.3) is 0 Å². The maximum atomic E-state index is 12.2. The van der Waals surface area contributed by atoms with Crippen molar-refractivity contribution in [3.63, 3.8) is 0 Å². The first kappa shape index (κ1) is 17.4. The number of carbonyl (C=O) groups is 1. The standard InChI is InChI=1S/C17H23Cl2NO2/c1-12-8-13(2)11-20(10-12)17(21)4-3-7-22-16-6-5-14(18)9-15(16)19/h5-6,9,12-13H,3-4,7-8,10-11H2,1-2H3. The van der Waals surface area contributed by atoms with Gasteiger partial charge in [0.05, 0.1) is 11.6 Å². The number of likely N-dealkylation sites (tertiary alicyclic amines) is 1. The minimum atomic E-state index is 0.226. The second-order valence-electron chi connectivity index (χ2n) is 6.27. The van der Waals surface area contributed by atoms with Crippen molar-refractivity contribution in [2.24, 2.45) is 11.8 Å². The lowest BCUT2D eigenvalue weighted by atomic mass is 9.91. The Labute approximate surface area is 142 Å². The van der Waals surface area contributed by atoms with Crippen molar-refractivity contribution < 1.29 is 9.53 Å². The highest BCUT2D eigenvalue weighted by Crippen LogP contribution is 2.27. The monoisotopic (exact) mass is 343 g/mol. The van der Waals surface area contributed by atoms with Crippen molar-refractivity contribution >= 4 is 29.1 Å². The molecule has 0 saturated carbocycles. The Morgan fingerprint density at radius 3 is 2.59 bits per heavy atom. The van der Waals surface area contributed by atoms with Crippen LogP contribution in [0.5, 0.6) is 5.75 Å². The Morgan fingerprint density at radius 2 is 1.95 bits per heavy atom. The highest BCUT2D eigenvalue weighted by Gasteiger charge is 2.24. The lowest BCUT2D eigenvalue weighted by Crippen LogP contribution is -2.42. The molecule has 0 spiro atoms. The molecule has 122 valence electrons. The van der Waals surface area contributed by atoms with E-state index in [0.717, 1.165) is 13.1 Å². The summed E-state index contributed by atoms with van der Waals surface area (Å²) in [4.78, 5) is 14.2. The highest BCUT2D eigenvalue weighted by atomic mass is 35.5. The average Bonchev–Trinajstić information content (AvgIpc) is 2.44. The molecule has 5 heteroatoms. The summed E-state index contributed by atoms with van der Waals surface area (Å²) in [6, 6.07) is 5.14. The predicted molar refractivity (Wildman–Crippen MR) is 90.7 cm³/mol. The van der Waals surface area contributed by atoms with Crippen LogP contribution in [0, 0.1) is 11.8 Å². The summed E-state index contributed by atoms with van der Waals surface area (Å²) in [5.74, 6) is 2.02. The van der Waals surface area contributed by atoms with E-state index in [1.54, 1.807) is 18.2 Å². The summed E-state index contributed by atoms with van der Waals surface area (Å²) in [7, 11) is 0. The molecule has 3 nitrogen and oxygen atoms in total. The fourth-order valence-corrected chi connectivity index (χ4v) is 3.49. The molecule has 0 aromatic heterocycles. The lowest BCUT2D eigenvalue weighted by molar-refractivity contribution is -0.134. The third-order valence-corrected chi connectivity index (χ3v) is 4.44. The van der Waals surface area contributed by atoms with E-state index in [2.05, 4.69) is 13.8 Å². The fraction of sp³-hybridized carbons (Fsp3) is 0.588. The molecule has 0 bridgehead atoms. The van der Waals surface area contributed by atoms with Gasteiger partial charge in [0, 0.05) is 24.5 Å². The zero-order valence-electron chi connectivity index (χ0n) is 13.1. The molecular formula is C17H23Cl2NO2. The quantitative estimate of drug-likeness (QED) is 0.727. The molecule has 1 aliphatic heterocycles. The maximum Gasteiger partial charge on any atom is 0.222 e. The molecule has 1 aromatic rings. The molecule has 1 amide bonds. The third-order valence-electron chi connectivity index (χ3n) is 3.91. The predicted octanol–water partition coefficient (Wildman–Crippen LogP) is 4.66. The molecule has 2 atom stereocenters. The summed E-state index contributed by atoms with van der Waals surface area (Å²) in [5, 5.41) is 1.08. The minimum absolute atomic E-state index is 0.226. The number of benzene rings is 1. The van der Waals surface area contributed by atoms with Crippen molar-refractivity contribution in [1.29, 1.82) is 0 Å². The van der Waals surface area contributed by atoms with E-state index in [4.69, 9.17) is 27.9 Å². The maximum absolute atomic E-state index is 12.2. The number of amides is 1. The largest absolute Gasteiger partial charge is 0.492 e. The van der Waals surface area contributed by atoms with Crippen LogP contribution in [-0.4, -0.2) is 30.5 Å². The van der Waals surface area contributed by atoms with Crippen molar-refractivity contribution in [3.05, 3.63) is 28.2 Å². The number of halogens is 2. The first-order chi connectivity index (χ1) is 10.5. The minimum Gasteiger partial charge on any atom is -0.492 e. The average molecular weight is 344 g/mol. The van der Waals surface area contributed by atoms with E-state index >= 15 is 0 Å². The van der Waals surface area contributed by atoms with Crippen molar-refractivity contribution in [2.45, 2.75) is 33.1 Å². The molecule has 2 unspecified atom stereocenters. The van der Waals surface area contributed by atoms with Gasteiger partial charge in [-0.2, -0.15) is 0 Å². The molecule has 1 aromatic carbocycles. The molecular weight excluding hydrogens is 321 g/mol. The van der Waals surface area contributed by atoms with Gasteiger partial charge in [-0.25, -0.2) is 0 Å². The van der Waals surface area contributed by atoms with Crippen LogP contribution in [0.4, 0.5) is 0 Å². The first-order valence-electron chi connectivity index (χ1n) is 7.81. The summed E-state index contributed by atoms with van der Waals surface area (Å²) < 4.78 is 5.61. The van der Waals surface area contributed by atoms with Crippen LogP contribution in [0.3, 0.4) is 0 Å². The van der Waals surface area contributed by atoms with Gasteiger partial charge < -0.3 is 9.64 Å². The van der Waals surface area contributed by atoms with Crippen LogP contribution in [0.25, 0.3) is 0 Å². The second-order valence-corrected chi connectivity index (χ2v) is 7.12. The number of piperidine rings is 1. The van der Waals surface area contributed by atoms with Crippen LogP contribution in [0.1, 0.15) is 33.1 Å². The van der Waals surface area contributed by atoms with Crippen molar-refractivity contribution in [1.82, 2.24) is 4.90 Å². The van der Waals surface area contributed by atoms with Gasteiger partial charge in [-0.3, -0.25) is 4.79 Å². The Bertz CT molecular complexity index is 511. The molecule has 1 saturated heterocycles. The van der Waals surface area contributed by atoms with Gasteiger partial charge in [-0.15, -0.1) is 0 Å². The van der Waals surface area contributed by atoms with Gasteiger partial charge in [0.2, 0.25) is 5.91 Å². The molecule has 1 aliphatic rings. The normalized spacial score (nSPS) is 21.7. The number of rotatable bonds is 5. The van der Waals surface area contributed by atoms with Gasteiger partial charge in [-0.1, -0.05) is 37.0 Å². The molecule has 22 heavy (non-hydrogen) atoms. The summed E-state index contributed by atoms with van der Waals surface area (Å²) in [5.41, 5.74) is 0. The smallest absolute Gasteiger partial charge is 0.222 e. The topological polar surface area (TPSA) is 29.5 Å². The van der Waals surface area contributed by atoms with Crippen molar-refractivity contribution in [2.75, 3.05) is 19.7 Å². The number of hydrogen-bond donors (Lipinski definition) is 0. The van der Waals surface area contributed by atoms with Crippen LogP contribution in [-0.2, 0) is 4.79 Å². The molecule has 1 heterocycles. The van der Waals surface area contributed by atoms with E-state index in [-0.39, 0.29) is 5.91 Å². The Morgan fingerprint density at radius 1 is 1.27 bits per heavy atom. The van der Waals surface area contributed by atoms with E-state index < -0.39 is 0 Å². The van der Waals surface area contributed by atoms with Gasteiger partial charge in [0.1, 0.15) is 5.75 Å². The Hall–Kier alpha value is -0.930. The van der Waals surface area contributed by atoms with Crippen LogP contribution in [0.2, 0.25) is 10.0 Å². The summed E-state index contributed by atoms with van der Waals surface area (Å²) in [6.45, 7) is 6.66. The Balaban J connectivity index is 1.73. The number of ether oxygens (including phenoxy) is 1. The SMILES string of the molecule is CC1CC(C)CN(C(=O)CCCOc2ccc(Cl)cc2Cl)C1. The van der Waals surface area contributed by atoms with E-state index in [1.165, 1.54) is 6.42 Å². The third kappa shape index (κ3) is 5.06. The number of carbonyl (C=O) groups excluding carboxylic acids is 1. The Kier molecular flexibility index (Phi) is 6.39. The van der Waals surface area contributed by atoms with E-state index in [0.29, 0.717) is 47.1 Å². The first-order valence-corrected chi connectivity index (χ1v) is 8.57. The van der Waals surface area contributed by atoms with Crippen molar-refractivity contribution in [3.8, 4) is 5.75 Å². The molecule has 0 N–H and O–H groups in total. The molecule has 0 aliphatic carbocycles. The molecule has 0 radical (unpaired) electrons. The lowest BCUT2D eigenvalue weighted by Gasteiger charge is -2.35. The van der Waals surface area contributed by atoms with Gasteiger partial charge in [-0.05, 0) is 42.9 Å². The fourth-order valence-electron chi connectivity index (χ4n) is 3.02. The zero-order valence-corrected chi connectivity index (χ0v) is 14.7. The molecule has 2 rings (SSSR count). The van der Waals surface area contributed by atoms with Crippen LogP contribution >= 0.6 is 23.2 Å². The number of hydrogen-bond acceptors (Lipinski definition) is 2. The van der Waals surface area contributed by atoms with E-state index in [9.17, 15) is 4.79 Å². The zero-order chi connectivity index (χ0) is 16.1. The summed E-state index contributed by atoms with van der Waals surface area (Å²) in [6.07, 6.45) is 2.42. The van der Waals surface area contributed by atoms with Gasteiger partial charge >= 0.3 is 0 Å². The number of nitrogens with zero attached hydrogens (tertiary/aromatic N) is 1. The second kappa shape index (κ2) is 8.07. The summed E-state index contributed by atoms with van der Waals surface area (Å²) >= 11 is 11.9. The van der Waals surface area contributed by atoms with Gasteiger partial charge in [0.15, 0.2) is 0 Å². The van der Waals surface area contributed by atoms with Crippen LogP contribution < -0.4 is 4.74 Å². The molecule has 1 fully saturated rings. The van der Waals surface area contributed by atoms with Crippen LogP contribution in [0.15, 0.2) is 18.2 Å². The highest BCUT2D eigenvalue weighted by molar-refractivity contribution is 6.35.